The summed E-state index contributed by atoms with van der Waals surface area (Å²) in [5.41, 5.74) is 0. The Bertz CT molecular complexity index is 188. The number of piperidine rings is 1. The van der Waals surface area contributed by atoms with Crippen molar-refractivity contribution in [3.05, 3.63) is 0 Å². The second-order valence-electron chi connectivity index (χ2n) is 3.21. The van der Waals surface area contributed by atoms with Crippen LogP contribution < -0.4 is 0 Å². The number of hydrogen-bond donors (Lipinski definition) is 1. The van der Waals surface area contributed by atoms with Crippen LogP contribution in [0.1, 0.15) is 13.3 Å². The summed E-state index contributed by atoms with van der Waals surface area (Å²) < 4.78 is 6.82. The van der Waals surface area contributed by atoms with Crippen molar-refractivity contribution in [3.8, 4) is 0 Å². The molecule has 13 heavy (non-hydrogen) atoms. The zero-order valence-corrected chi connectivity index (χ0v) is 8.93. The Morgan fingerprint density at radius 1 is 1.77 bits per heavy atom. The quantitative estimate of drug-likeness (QED) is 0.510. The molecule has 0 aromatic rings. The van der Waals surface area contributed by atoms with Crippen LogP contribution in [0.25, 0.3) is 0 Å². The third-order valence-corrected chi connectivity index (χ3v) is 2.67. The summed E-state index contributed by atoms with van der Waals surface area (Å²) in [5, 5.41) is 9.55. The van der Waals surface area contributed by atoms with Gasteiger partial charge in [-0.2, -0.15) is 0 Å². The Hall–Kier alpha value is -0.180. The van der Waals surface area contributed by atoms with Crippen molar-refractivity contribution in [1.82, 2.24) is 4.67 Å². The molecule has 1 fully saturated rings. The van der Waals surface area contributed by atoms with Gasteiger partial charge in [0.25, 0.3) is 0 Å². The monoisotopic (exact) mass is 205 g/mol. The van der Waals surface area contributed by atoms with Crippen LogP contribution in [0, 0.1) is 5.92 Å². The van der Waals surface area contributed by atoms with E-state index in [9.17, 15) is 9.90 Å². The smallest absolute Gasteiger partial charge is 0.312 e. The van der Waals surface area contributed by atoms with Crippen molar-refractivity contribution < 1.29 is 14.6 Å². The number of aliphatic hydroxyl groups is 1. The Morgan fingerprint density at radius 2 is 2.46 bits per heavy atom. The van der Waals surface area contributed by atoms with Crippen molar-refractivity contribution in [2.24, 2.45) is 5.92 Å². The van der Waals surface area contributed by atoms with Crippen molar-refractivity contribution in [2.45, 2.75) is 19.4 Å². The average molecular weight is 205 g/mol. The predicted molar refractivity (Wildman–Crippen MR) is 52.0 cm³/mol. The summed E-state index contributed by atoms with van der Waals surface area (Å²) in [6.07, 6.45) is 0.0864. The predicted octanol–water partition coefficient (Wildman–Crippen LogP) is 0.0224. The lowest BCUT2D eigenvalue weighted by atomic mass is 9.96. The van der Waals surface area contributed by atoms with Gasteiger partial charge in [0.05, 0.1) is 18.6 Å². The molecule has 1 rings (SSSR count). The number of rotatable bonds is 2. The molecule has 1 aliphatic heterocycles. The number of nitrogens with zero attached hydrogens (tertiary/aromatic N) is 1. The average Bonchev–Trinajstić information content (AvgIpc) is 2.09. The van der Waals surface area contributed by atoms with E-state index in [2.05, 4.69) is 9.39 Å². The molecule has 0 aromatic carbocycles. The third-order valence-electron chi connectivity index (χ3n) is 2.20. The van der Waals surface area contributed by atoms with E-state index in [0.717, 1.165) is 6.54 Å². The lowest BCUT2D eigenvalue weighted by molar-refractivity contribution is -0.153. The van der Waals surface area contributed by atoms with Crippen molar-refractivity contribution in [3.63, 3.8) is 0 Å². The van der Waals surface area contributed by atoms with Crippen LogP contribution in [-0.2, 0) is 9.53 Å². The van der Waals surface area contributed by atoms with E-state index in [1.165, 1.54) is 0 Å². The minimum Gasteiger partial charge on any atom is -0.466 e. The zero-order chi connectivity index (χ0) is 9.84. The molecule has 3 unspecified atom stereocenters. The molecule has 0 bridgehead atoms. The molecule has 0 saturated carbocycles. The number of carbonyl (C=O) groups is 1. The highest BCUT2D eigenvalue weighted by Crippen LogP contribution is 2.20. The minimum atomic E-state index is -0.546. The first-order valence-corrected chi connectivity index (χ1v) is 5.01. The zero-order valence-electron chi connectivity index (χ0n) is 7.77. The normalized spacial score (nSPS) is 30.1. The Morgan fingerprint density at radius 3 is 3.08 bits per heavy atom. The standard InChI is InChI=1S/C8H16NO3P/c1-2-12-8(11)6-5-9(13)4-3-7(6)10/h6-7,10H,2-5,13H2,1H3. The second kappa shape index (κ2) is 4.89. The van der Waals surface area contributed by atoms with Crippen LogP contribution in [0.2, 0.25) is 0 Å². The lowest BCUT2D eigenvalue weighted by Crippen LogP contribution is -2.43. The molecule has 1 heterocycles. The van der Waals surface area contributed by atoms with Gasteiger partial charge in [-0.05, 0) is 13.3 Å². The summed E-state index contributed by atoms with van der Waals surface area (Å²) in [7, 11) is 2.54. The first kappa shape index (κ1) is 10.9. The lowest BCUT2D eigenvalue weighted by Gasteiger charge is -2.31. The largest absolute Gasteiger partial charge is 0.466 e. The topological polar surface area (TPSA) is 49.8 Å². The van der Waals surface area contributed by atoms with Crippen LogP contribution in [0.5, 0.6) is 0 Å². The Labute approximate surface area is 80.5 Å². The van der Waals surface area contributed by atoms with Gasteiger partial charge in [0, 0.05) is 13.1 Å². The molecule has 76 valence electrons. The fourth-order valence-corrected chi connectivity index (χ4v) is 1.82. The van der Waals surface area contributed by atoms with E-state index in [1.54, 1.807) is 6.92 Å². The molecule has 3 atom stereocenters. The number of esters is 1. The number of aliphatic hydroxyl groups excluding tert-OH is 1. The van der Waals surface area contributed by atoms with Gasteiger partial charge in [-0.15, -0.1) is 0 Å². The third kappa shape index (κ3) is 2.90. The van der Waals surface area contributed by atoms with Crippen LogP contribution in [0.15, 0.2) is 0 Å². The van der Waals surface area contributed by atoms with E-state index in [-0.39, 0.29) is 11.9 Å². The maximum Gasteiger partial charge on any atom is 0.312 e. The molecule has 4 nitrogen and oxygen atoms in total. The molecule has 0 aliphatic carbocycles. The van der Waals surface area contributed by atoms with Gasteiger partial charge < -0.3 is 9.84 Å². The summed E-state index contributed by atoms with van der Waals surface area (Å²) >= 11 is 0. The maximum absolute atomic E-state index is 11.3. The Kier molecular flexibility index (Phi) is 4.10. The van der Waals surface area contributed by atoms with E-state index >= 15 is 0 Å². The van der Waals surface area contributed by atoms with E-state index < -0.39 is 6.10 Å². The highest BCUT2D eigenvalue weighted by molar-refractivity contribution is 7.13. The Balaban J connectivity index is 2.50. The van der Waals surface area contributed by atoms with Gasteiger partial charge in [0.2, 0.25) is 0 Å². The summed E-state index contributed by atoms with van der Waals surface area (Å²) in [4.78, 5) is 11.3. The molecule has 5 heteroatoms. The van der Waals surface area contributed by atoms with Gasteiger partial charge in [-0.3, -0.25) is 9.46 Å². The van der Waals surface area contributed by atoms with Crippen LogP contribution in [0.4, 0.5) is 0 Å². The summed E-state index contributed by atoms with van der Waals surface area (Å²) in [5.74, 6) is -0.673. The fourth-order valence-electron chi connectivity index (χ4n) is 1.45. The number of carbonyl (C=O) groups excluding carboxylic acids is 1. The highest BCUT2D eigenvalue weighted by atomic mass is 31.0. The van der Waals surface area contributed by atoms with Gasteiger partial charge in [0.1, 0.15) is 0 Å². The molecular formula is C8H16NO3P. The van der Waals surface area contributed by atoms with Gasteiger partial charge >= 0.3 is 5.97 Å². The highest BCUT2D eigenvalue weighted by Gasteiger charge is 2.32. The first-order chi connectivity index (χ1) is 6.15. The molecule has 0 aromatic heterocycles. The van der Waals surface area contributed by atoms with Crippen LogP contribution in [-0.4, -0.2) is 41.5 Å². The number of hydrogen-bond acceptors (Lipinski definition) is 4. The molecule has 0 radical (unpaired) electrons. The number of ether oxygens (including phenoxy) is 1. The molecule has 0 spiro atoms. The van der Waals surface area contributed by atoms with E-state index in [4.69, 9.17) is 4.74 Å². The van der Waals surface area contributed by atoms with Crippen molar-refractivity contribution >= 4 is 15.4 Å². The van der Waals surface area contributed by atoms with Crippen molar-refractivity contribution in [2.75, 3.05) is 19.7 Å². The van der Waals surface area contributed by atoms with Gasteiger partial charge in [-0.1, -0.05) is 9.39 Å². The summed E-state index contributed by atoms with van der Waals surface area (Å²) in [6, 6.07) is 0. The molecule has 1 saturated heterocycles. The molecular weight excluding hydrogens is 189 g/mol. The second-order valence-corrected chi connectivity index (χ2v) is 3.94. The maximum atomic E-state index is 11.3. The molecule has 0 amide bonds. The van der Waals surface area contributed by atoms with Gasteiger partial charge in [0.15, 0.2) is 0 Å². The minimum absolute atomic E-state index is 0.290. The fraction of sp³-hybridized carbons (Fsp3) is 0.875. The van der Waals surface area contributed by atoms with E-state index in [0.29, 0.717) is 19.6 Å². The molecule has 1 N–H and O–H groups in total. The SMILES string of the molecule is CCOC(=O)C1CN(P)CCC1O. The molecule has 1 aliphatic rings. The van der Waals surface area contributed by atoms with Crippen molar-refractivity contribution in [1.29, 1.82) is 0 Å². The van der Waals surface area contributed by atoms with Crippen LogP contribution in [0.3, 0.4) is 0 Å². The first-order valence-electron chi connectivity index (χ1n) is 4.49. The van der Waals surface area contributed by atoms with Gasteiger partial charge in [-0.25, -0.2) is 0 Å². The van der Waals surface area contributed by atoms with E-state index in [1.807, 2.05) is 4.67 Å². The van der Waals surface area contributed by atoms with Crippen LogP contribution >= 0.6 is 9.39 Å². The summed E-state index contributed by atoms with van der Waals surface area (Å²) in [6.45, 7) is 3.51.